The van der Waals surface area contributed by atoms with Crippen molar-refractivity contribution < 1.29 is 4.74 Å². The third kappa shape index (κ3) is 3.40. The maximum absolute atomic E-state index is 5.71. The van der Waals surface area contributed by atoms with Gasteiger partial charge in [-0.3, -0.25) is 0 Å². The second-order valence-corrected chi connectivity index (χ2v) is 3.72. The Morgan fingerprint density at radius 1 is 1.60 bits per heavy atom. The van der Waals surface area contributed by atoms with Crippen molar-refractivity contribution in [3.63, 3.8) is 0 Å². The molecular formula is C11H19N3O. The molecule has 0 saturated heterocycles. The molecular weight excluding hydrogens is 190 g/mol. The van der Waals surface area contributed by atoms with Crippen molar-refractivity contribution >= 4 is 5.82 Å². The summed E-state index contributed by atoms with van der Waals surface area (Å²) in [5, 5.41) is 0. The fourth-order valence-electron chi connectivity index (χ4n) is 1.33. The molecule has 0 aliphatic rings. The Kier molecular flexibility index (Phi) is 4.37. The number of aromatic nitrogens is 1. The molecule has 0 bridgehead atoms. The minimum absolute atomic E-state index is 0.210. The minimum atomic E-state index is 0.210. The van der Waals surface area contributed by atoms with Gasteiger partial charge < -0.3 is 15.4 Å². The van der Waals surface area contributed by atoms with Crippen LogP contribution >= 0.6 is 0 Å². The zero-order valence-corrected chi connectivity index (χ0v) is 9.60. The summed E-state index contributed by atoms with van der Waals surface area (Å²) in [6.45, 7) is 2.88. The van der Waals surface area contributed by atoms with Crippen LogP contribution in [0.25, 0.3) is 0 Å². The molecule has 15 heavy (non-hydrogen) atoms. The van der Waals surface area contributed by atoms with Crippen molar-refractivity contribution in [2.24, 2.45) is 5.73 Å². The smallest absolute Gasteiger partial charge is 0.171 e. The first-order valence-corrected chi connectivity index (χ1v) is 5.11. The Labute approximate surface area is 91.1 Å². The van der Waals surface area contributed by atoms with Gasteiger partial charge in [0.25, 0.3) is 0 Å². The summed E-state index contributed by atoms with van der Waals surface area (Å²) in [5.74, 6) is 1.66. The maximum Gasteiger partial charge on any atom is 0.171 e. The minimum Gasteiger partial charge on any atom is -0.493 e. The van der Waals surface area contributed by atoms with Crippen molar-refractivity contribution in [1.82, 2.24) is 4.98 Å². The predicted octanol–water partition coefficient (Wildman–Crippen LogP) is 1.26. The molecule has 1 aromatic rings. The van der Waals surface area contributed by atoms with Gasteiger partial charge in [0.1, 0.15) is 0 Å². The molecule has 0 aromatic carbocycles. The van der Waals surface area contributed by atoms with Crippen LogP contribution in [0.2, 0.25) is 0 Å². The molecule has 84 valence electrons. The van der Waals surface area contributed by atoms with E-state index in [9.17, 15) is 0 Å². The standard InChI is InChI=1S/C11H19N3O/c1-9(12)6-8-14(2)11-10(15-3)5-4-7-13-11/h4-5,7,9H,6,8,12H2,1-3H3. The molecule has 2 N–H and O–H groups in total. The third-order valence-electron chi connectivity index (χ3n) is 2.25. The van der Waals surface area contributed by atoms with Crippen LogP contribution in [0.4, 0.5) is 5.82 Å². The van der Waals surface area contributed by atoms with Gasteiger partial charge in [0.05, 0.1) is 7.11 Å². The van der Waals surface area contributed by atoms with E-state index in [-0.39, 0.29) is 6.04 Å². The van der Waals surface area contributed by atoms with E-state index in [0.717, 1.165) is 24.5 Å². The first kappa shape index (κ1) is 11.8. The monoisotopic (exact) mass is 209 g/mol. The molecule has 4 heteroatoms. The number of anilines is 1. The van der Waals surface area contributed by atoms with Crippen LogP contribution in [0, 0.1) is 0 Å². The summed E-state index contributed by atoms with van der Waals surface area (Å²) >= 11 is 0. The van der Waals surface area contributed by atoms with Gasteiger partial charge in [0.2, 0.25) is 0 Å². The molecule has 0 aliphatic carbocycles. The average Bonchev–Trinajstić information content (AvgIpc) is 2.25. The summed E-state index contributed by atoms with van der Waals surface area (Å²) in [6, 6.07) is 3.98. The van der Waals surface area contributed by atoms with Crippen molar-refractivity contribution in [2.45, 2.75) is 19.4 Å². The van der Waals surface area contributed by atoms with E-state index < -0.39 is 0 Å². The largest absolute Gasteiger partial charge is 0.493 e. The number of rotatable bonds is 5. The Hall–Kier alpha value is -1.29. The van der Waals surface area contributed by atoms with E-state index in [2.05, 4.69) is 9.88 Å². The zero-order valence-electron chi connectivity index (χ0n) is 9.60. The van der Waals surface area contributed by atoms with Gasteiger partial charge in [-0.25, -0.2) is 4.98 Å². The number of ether oxygens (including phenoxy) is 1. The van der Waals surface area contributed by atoms with Crippen LogP contribution in [0.3, 0.4) is 0 Å². The summed E-state index contributed by atoms with van der Waals surface area (Å²) < 4.78 is 5.24. The molecule has 0 fully saturated rings. The molecule has 0 spiro atoms. The van der Waals surface area contributed by atoms with E-state index in [1.165, 1.54) is 0 Å². The number of hydrogen-bond donors (Lipinski definition) is 1. The average molecular weight is 209 g/mol. The first-order valence-electron chi connectivity index (χ1n) is 5.11. The second-order valence-electron chi connectivity index (χ2n) is 3.72. The quantitative estimate of drug-likeness (QED) is 0.793. The number of hydrogen-bond acceptors (Lipinski definition) is 4. The molecule has 1 rings (SSSR count). The number of pyridine rings is 1. The molecule has 0 amide bonds. The van der Waals surface area contributed by atoms with Gasteiger partial charge in [-0.1, -0.05) is 0 Å². The van der Waals surface area contributed by atoms with E-state index >= 15 is 0 Å². The van der Waals surface area contributed by atoms with Crippen LogP contribution in [-0.2, 0) is 0 Å². The van der Waals surface area contributed by atoms with Gasteiger partial charge in [0, 0.05) is 25.8 Å². The number of nitrogens with two attached hydrogens (primary N) is 1. The lowest BCUT2D eigenvalue weighted by atomic mass is 10.2. The Balaban J connectivity index is 2.68. The first-order chi connectivity index (χ1) is 7.15. The highest BCUT2D eigenvalue weighted by Gasteiger charge is 2.08. The number of nitrogens with zero attached hydrogens (tertiary/aromatic N) is 2. The summed E-state index contributed by atoms with van der Waals surface area (Å²) in [4.78, 5) is 6.35. The van der Waals surface area contributed by atoms with Gasteiger partial charge in [-0.2, -0.15) is 0 Å². The lowest BCUT2D eigenvalue weighted by Crippen LogP contribution is -2.26. The van der Waals surface area contributed by atoms with Gasteiger partial charge >= 0.3 is 0 Å². The van der Waals surface area contributed by atoms with Gasteiger partial charge in [-0.05, 0) is 25.5 Å². The van der Waals surface area contributed by atoms with E-state index in [1.807, 2.05) is 26.1 Å². The molecule has 4 nitrogen and oxygen atoms in total. The normalized spacial score (nSPS) is 12.3. The molecule has 0 radical (unpaired) electrons. The van der Waals surface area contributed by atoms with Crippen LogP contribution < -0.4 is 15.4 Å². The molecule has 0 aliphatic heterocycles. The van der Waals surface area contributed by atoms with Crippen molar-refractivity contribution in [3.05, 3.63) is 18.3 Å². The Bertz CT molecular complexity index is 302. The fraction of sp³-hybridized carbons (Fsp3) is 0.545. The lowest BCUT2D eigenvalue weighted by molar-refractivity contribution is 0.412. The second kappa shape index (κ2) is 5.56. The SMILES string of the molecule is COc1cccnc1N(C)CCC(C)N. The van der Waals surface area contributed by atoms with E-state index in [1.54, 1.807) is 13.3 Å². The van der Waals surface area contributed by atoms with Crippen molar-refractivity contribution in [1.29, 1.82) is 0 Å². The highest BCUT2D eigenvalue weighted by Crippen LogP contribution is 2.23. The highest BCUT2D eigenvalue weighted by atomic mass is 16.5. The molecule has 1 aromatic heterocycles. The predicted molar refractivity (Wildman–Crippen MR) is 62.3 cm³/mol. The van der Waals surface area contributed by atoms with Crippen molar-refractivity contribution in [2.75, 3.05) is 25.6 Å². The summed E-state index contributed by atoms with van der Waals surface area (Å²) in [6.07, 6.45) is 2.70. The lowest BCUT2D eigenvalue weighted by Gasteiger charge is -2.20. The maximum atomic E-state index is 5.71. The molecule has 1 heterocycles. The van der Waals surface area contributed by atoms with Gasteiger partial charge in [-0.15, -0.1) is 0 Å². The fourth-order valence-corrected chi connectivity index (χ4v) is 1.33. The summed E-state index contributed by atoms with van der Waals surface area (Å²) in [7, 11) is 3.65. The van der Waals surface area contributed by atoms with E-state index in [0.29, 0.717) is 0 Å². The van der Waals surface area contributed by atoms with Gasteiger partial charge in [0.15, 0.2) is 11.6 Å². The van der Waals surface area contributed by atoms with Crippen LogP contribution in [-0.4, -0.2) is 31.7 Å². The third-order valence-corrected chi connectivity index (χ3v) is 2.25. The Morgan fingerprint density at radius 3 is 2.93 bits per heavy atom. The Morgan fingerprint density at radius 2 is 2.33 bits per heavy atom. The molecule has 0 saturated carbocycles. The highest BCUT2D eigenvalue weighted by molar-refractivity contribution is 5.51. The van der Waals surface area contributed by atoms with Crippen molar-refractivity contribution in [3.8, 4) is 5.75 Å². The number of methoxy groups -OCH3 is 1. The van der Waals surface area contributed by atoms with Crippen LogP contribution in [0.15, 0.2) is 18.3 Å². The van der Waals surface area contributed by atoms with E-state index in [4.69, 9.17) is 10.5 Å². The summed E-state index contributed by atoms with van der Waals surface area (Å²) in [5.41, 5.74) is 5.71. The molecule has 1 atom stereocenters. The zero-order chi connectivity index (χ0) is 11.3. The topological polar surface area (TPSA) is 51.4 Å². The van der Waals surface area contributed by atoms with Crippen LogP contribution in [0.5, 0.6) is 5.75 Å². The van der Waals surface area contributed by atoms with Crippen LogP contribution in [0.1, 0.15) is 13.3 Å². The molecule has 1 unspecified atom stereocenters.